The first-order chi connectivity index (χ1) is 13.1. The summed E-state index contributed by atoms with van der Waals surface area (Å²) in [6.45, 7) is 8.77. The van der Waals surface area contributed by atoms with Crippen LogP contribution in [0.2, 0.25) is 0 Å². The molecule has 0 aliphatic carbocycles. The standard InChI is InChI=1S/C22H29BrN4/c1-5-13-27(14-6-2)20-10-8-9-19-21(20)26(4)22(25-19)24-18-12-11-17(23)15-16(18)7-3/h8-12,15H,5-7,13-14H2,1-4H3,(H,24,25). The maximum absolute atomic E-state index is 4.88. The van der Waals surface area contributed by atoms with Crippen LogP contribution in [0.15, 0.2) is 40.9 Å². The quantitative estimate of drug-likeness (QED) is 0.458. The molecule has 4 nitrogen and oxygen atoms in total. The Balaban J connectivity index is 2.04. The van der Waals surface area contributed by atoms with Gasteiger partial charge in [-0.05, 0) is 55.2 Å². The van der Waals surface area contributed by atoms with Crippen molar-refractivity contribution >= 4 is 44.3 Å². The van der Waals surface area contributed by atoms with Crippen molar-refractivity contribution in [2.24, 2.45) is 7.05 Å². The summed E-state index contributed by atoms with van der Waals surface area (Å²) in [6.07, 6.45) is 3.24. The summed E-state index contributed by atoms with van der Waals surface area (Å²) < 4.78 is 3.29. The third kappa shape index (κ3) is 4.13. The summed E-state index contributed by atoms with van der Waals surface area (Å²) in [4.78, 5) is 7.36. The molecule has 0 saturated heterocycles. The molecule has 0 bridgehead atoms. The van der Waals surface area contributed by atoms with Crippen LogP contribution >= 0.6 is 15.9 Å². The zero-order valence-electron chi connectivity index (χ0n) is 16.7. The van der Waals surface area contributed by atoms with Crippen LogP contribution in [0.25, 0.3) is 11.0 Å². The minimum Gasteiger partial charge on any atom is -0.370 e. The molecular formula is C22H29BrN4. The van der Waals surface area contributed by atoms with Crippen molar-refractivity contribution < 1.29 is 0 Å². The van der Waals surface area contributed by atoms with Crippen LogP contribution in [-0.4, -0.2) is 22.6 Å². The first-order valence-corrected chi connectivity index (χ1v) is 10.6. The Labute approximate surface area is 170 Å². The van der Waals surface area contributed by atoms with Gasteiger partial charge in [0.15, 0.2) is 0 Å². The van der Waals surface area contributed by atoms with Gasteiger partial charge in [-0.1, -0.05) is 42.8 Å². The van der Waals surface area contributed by atoms with E-state index in [0.29, 0.717) is 0 Å². The number of benzene rings is 2. The van der Waals surface area contributed by atoms with E-state index in [1.54, 1.807) is 0 Å². The van der Waals surface area contributed by atoms with Gasteiger partial charge in [0, 0.05) is 30.3 Å². The lowest BCUT2D eigenvalue weighted by Gasteiger charge is -2.25. The molecule has 3 aromatic rings. The molecule has 0 aliphatic heterocycles. The highest BCUT2D eigenvalue weighted by Crippen LogP contribution is 2.31. The highest BCUT2D eigenvalue weighted by atomic mass is 79.9. The van der Waals surface area contributed by atoms with Crippen molar-refractivity contribution in [2.75, 3.05) is 23.3 Å². The molecule has 0 aliphatic rings. The molecule has 1 aromatic heterocycles. The summed E-state index contributed by atoms with van der Waals surface area (Å²) in [7, 11) is 2.10. The number of anilines is 3. The van der Waals surface area contributed by atoms with Gasteiger partial charge in [-0.2, -0.15) is 0 Å². The van der Waals surface area contributed by atoms with Crippen LogP contribution in [0.1, 0.15) is 39.2 Å². The van der Waals surface area contributed by atoms with Gasteiger partial charge < -0.3 is 14.8 Å². The highest BCUT2D eigenvalue weighted by molar-refractivity contribution is 9.10. The lowest BCUT2D eigenvalue weighted by atomic mass is 10.1. The van der Waals surface area contributed by atoms with Crippen LogP contribution in [0.3, 0.4) is 0 Å². The molecular weight excluding hydrogens is 400 g/mol. The van der Waals surface area contributed by atoms with Gasteiger partial charge in [0.05, 0.1) is 16.7 Å². The van der Waals surface area contributed by atoms with Crippen molar-refractivity contribution in [1.82, 2.24) is 9.55 Å². The lowest BCUT2D eigenvalue weighted by Crippen LogP contribution is -2.25. The van der Waals surface area contributed by atoms with E-state index < -0.39 is 0 Å². The lowest BCUT2D eigenvalue weighted by molar-refractivity contribution is 0.745. The van der Waals surface area contributed by atoms with E-state index in [1.807, 2.05) is 0 Å². The number of fused-ring (bicyclic) bond motifs is 1. The second-order valence-electron chi connectivity index (χ2n) is 6.91. The topological polar surface area (TPSA) is 33.1 Å². The van der Waals surface area contributed by atoms with Crippen LogP contribution in [0.4, 0.5) is 17.3 Å². The molecule has 2 aromatic carbocycles. The summed E-state index contributed by atoms with van der Waals surface area (Å²) in [5, 5.41) is 3.55. The first-order valence-electron chi connectivity index (χ1n) is 9.84. The second-order valence-corrected chi connectivity index (χ2v) is 7.82. The van der Waals surface area contributed by atoms with E-state index in [9.17, 15) is 0 Å². The first kappa shape index (κ1) is 19.7. The van der Waals surface area contributed by atoms with E-state index in [4.69, 9.17) is 4.98 Å². The molecule has 144 valence electrons. The summed E-state index contributed by atoms with van der Waals surface area (Å²) in [6, 6.07) is 12.8. The molecule has 1 heterocycles. The molecule has 0 amide bonds. The number of nitrogens with zero attached hydrogens (tertiary/aromatic N) is 3. The Hall–Kier alpha value is -2.01. The number of halogens is 1. The van der Waals surface area contributed by atoms with Crippen LogP contribution in [0, 0.1) is 0 Å². The van der Waals surface area contributed by atoms with Crippen LogP contribution in [0.5, 0.6) is 0 Å². The van der Waals surface area contributed by atoms with E-state index in [0.717, 1.165) is 54.0 Å². The largest absolute Gasteiger partial charge is 0.370 e. The second kappa shape index (κ2) is 8.79. The Bertz CT molecular complexity index is 910. The maximum Gasteiger partial charge on any atom is 0.208 e. The predicted octanol–water partition coefficient (Wildman–Crippen LogP) is 6.27. The smallest absolute Gasteiger partial charge is 0.208 e. The SMILES string of the molecule is CCCN(CCC)c1cccc2nc(Nc3ccc(Br)cc3CC)n(C)c12. The van der Waals surface area contributed by atoms with Crippen LogP contribution in [-0.2, 0) is 13.5 Å². The molecule has 0 spiro atoms. The number of para-hydroxylation sites is 1. The Morgan fingerprint density at radius 3 is 2.48 bits per heavy atom. The molecule has 0 atom stereocenters. The third-order valence-corrected chi connectivity index (χ3v) is 5.39. The number of nitrogens with one attached hydrogen (secondary N) is 1. The third-order valence-electron chi connectivity index (χ3n) is 4.90. The van der Waals surface area contributed by atoms with Gasteiger partial charge >= 0.3 is 0 Å². The van der Waals surface area contributed by atoms with Crippen molar-refractivity contribution in [2.45, 2.75) is 40.0 Å². The van der Waals surface area contributed by atoms with E-state index in [2.05, 4.69) is 94.9 Å². The minimum absolute atomic E-state index is 0.877. The van der Waals surface area contributed by atoms with Crippen molar-refractivity contribution in [1.29, 1.82) is 0 Å². The maximum atomic E-state index is 4.88. The number of aryl methyl sites for hydroxylation is 2. The zero-order valence-corrected chi connectivity index (χ0v) is 18.3. The molecule has 5 heteroatoms. The fourth-order valence-corrected chi connectivity index (χ4v) is 4.01. The molecule has 0 fully saturated rings. The fraction of sp³-hybridized carbons (Fsp3) is 0.409. The van der Waals surface area contributed by atoms with Crippen LogP contribution < -0.4 is 10.2 Å². The predicted molar refractivity (Wildman–Crippen MR) is 120 cm³/mol. The summed E-state index contributed by atoms with van der Waals surface area (Å²) in [5.74, 6) is 0.877. The number of hydrogen-bond donors (Lipinski definition) is 1. The number of rotatable bonds is 8. The Kier molecular flexibility index (Phi) is 6.42. The van der Waals surface area contributed by atoms with Gasteiger partial charge in [-0.25, -0.2) is 4.98 Å². The number of imidazole rings is 1. The van der Waals surface area contributed by atoms with Gasteiger partial charge in [0.2, 0.25) is 5.95 Å². The normalized spacial score (nSPS) is 11.1. The Morgan fingerprint density at radius 1 is 1.07 bits per heavy atom. The number of hydrogen-bond acceptors (Lipinski definition) is 3. The average molecular weight is 429 g/mol. The van der Waals surface area contributed by atoms with E-state index >= 15 is 0 Å². The van der Waals surface area contributed by atoms with E-state index in [1.165, 1.54) is 16.8 Å². The van der Waals surface area contributed by atoms with Crippen molar-refractivity contribution in [3.05, 3.63) is 46.4 Å². The zero-order chi connectivity index (χ0) is 19.4. The van der Waals surface area contributed by atoms with E-state index in [-0.39, 0.29) is 0 Å². The molecule has 1 N–H and O–H groups in total. The molecule has 0 unspecified atom stereocenters. The Morgan fingerprint density at radius 2 is 1.81 bits per heavy atom. The monoisotopic (exact) mass is 428 g/mol. The van der Waals surface area contributed by atoms with Crippen molar-refractivity contribution in [3.8, 4) is 0 Å². The highest BCUT2D eigenvalue weighted by Gasteiger charge is 2.16. The van der Waals surface area contributed by atoms with Gasteiger partial charge in [-0.15, -0.1) is 0 Å². The molecule has 27 heavy (non-hydrogen) atoms. The molecule has 0 radical (unpaired) electrons. The summed E-state index contributed by atoms with van der Waals surface area (Å²) in [5.41, 5.74) is 5.88. The fourth-order valence-electron chi connectivity index (χ4n) is 3.61. The van der Waals surface area contributed by atoms with Gasteiger partial charge in [0.25, 0.3) is 0 Å². The molecule has 3 rings (SSSR count). The summed E-state index contributed by atoms with van der Waals surface area (Å²) >= 11 is 3.57. The number of aromatic nitrogens is 2. The van der Waals surface area contributed by atoms with Gasteiger partial charge in [0.1, 0.15) is 0 Å². The van der Waals surface area contributed by atoms with Crippen molar-refractivity contribution in [3.63, 3.8) is 0 Å². The minimum atomic E-state index is 0.877. The molecule has 0 saturated carbocycles. The van der Waals surface area contributed by atoms with Gasteiger partial charge in [-0.3, -0.25) is 0 Å². The average Bonchev–Trinajstić information content (AvgIpc) is 2.99.